The highest BCUT2D eigenvalue weighted by atomic mass is 19.1. The fourth-order valence-electron chi connectivity index (χ4n) is 5.34. The first kappa shape index (κ1) is 20.6. The minimum absolute atomic E-state index is 0.0946. The standard InChI is InChI=1S/C22H20F3N3O4/c23-11-7-13(24)12(14(25)8-11)9-26-20(31)16-15-3-5-22-4-1-2-6-27(10-22)21(32)17(28(15)22)19(30)18(16)29/h7-8,30H,1-6,9-10H2,(H,26,31). The normalized spacial score (nSPS) is 21.3. The molecule has 7 nitrogen and oxygen atoms in total. The van der Waals surface area contributed by atoms with Crippen LogP contribution >= 0.6 is 0 Å². The minimum Gasteiger partial charge on any atom is -0.503 e. The van der Waals surface area contributed by atoms with E-state index in [0.717, 1.165) is 19.3 Å². The zero-order chi connectivity index (χ0) is 22.8. The van der Waals surface area contributed by atoms with Gasteiger partial charge in [-0.25, -0.2) is 13.2 Å². The van der Waals surface area contributed by atoms with Gasteiger partial charge in [-0.05, 0) is 32.1 Å². The number of carbonyl (C=O) groups is 2. The van der Waals surface area contributed by atoms with Crippen molar-refractivity contribution in [1.82, 2.24) is 14.8 Å². The molecule has 0 saturated carbocycles. The lowest BCUT2D eigenvalue weighted by Gasteiger charge is -2.41. The van der Waals surface area contributed by atoms with Gasteiger partial charge in [0.05, 0.1) is 5.54 Å². The number of aromatic hydroxyl groups is 1. The number of fused-ring (bicyclic) bond motifs is 1. The number of benzene rings is 1. The largest absolute Gasteiger partial charge is 0.503 e. The fraction of sp³-hybridized carbons (Fsp3) is 0.409. The molecule has 1 unspecified atom stereocenters. The third kappa shape index (κ3) is 2.85. The molecule has 3 aliphatic heterocycles. The zero-order valence-electron chi connectivity index (χ0n) is 17.0. The van der Waals surface area contributed by atoms with Crippen LogP contribution in [-0.2, 0) is 18.5 Å². The summed E-state index contributed by atoms with van der Waals surface area (Å²) in [5.74, 6) is -5.57. The second kappa shape index (κ2) is 7.11. The molecule has 0 aliphatic carbocycles. The highest BCUT2D eigenvalue weighted by molar-refractivity contribution is 6.00. The van der Waals surface area contributed by atoms with E-state index in [1.807, 2.05) is 0 Å². The topological polar surface area (TPSA) is 91.6 Å². The first-order valence-corrected chi connectivity index (χ1v) is 10.5. The molecule has 1 aromatic heterocycles. The van der Waals surface area contributed by atoms with Crippen LogP contribution in [0.1, 0.15) is 57.8 Å². The van der Waals surface area contributed by atoms with Crippen molar-refractivity contribution >= 4 is 11.8 Å². The summed E-state index contributed by atoms with van der Waals surface area (Å²) in [6.45, 7) is 0.373. The molecule has 0 radical (unpaired) electrons. The Morgan fingerprint density at radius 3 is 2.56 bits per heavy atom. The average Bonchev–Trinajstić information content (AvgIpc) is 2.97. The van der Waals surface area contributed by atoms with Crippen LogP contribution in [-0.4, -0.2) is 39.5 Å². The van der Waals surface area contributed by atoms with Crippen LogP contribution in [0.15, 0.2) is 16.9 Å². The van der Waals surface area contributed by atoms with E-state index >= 15 is 0 Å². The van der Waals surface area contributed by atoms with Gasteiger partial charge in [0.2, 0.25) is 5.43 Å². The van der Waals surface area contributed by atoms with Crippen molar-refractivity contribution < 1.29 is 27.9 Å². The Kier molecular flexibility index (Phi) is 4.58. The zero-order valence-corrected chi connectivity index (χ0v) is 17.0. The van der Waals surface area contributed by atoms with Gasteiger partial charge >= 0.3 is 0 Å². The molecule has 2 aromatic rings. The first-order chi connectivity index (χ1) is 15.2. The summed E-state index contributed by atoms with van der Waals surface area (Å²) in [4.78, 5) is 40.5. The monoisotopic (exact) mass is 447 g/mol. The smallest absolute Gasteiger partial charge is 0.274 e. The van der Waals surface area contributed by atoms with Crippen LogP contribution in [0.2, 0.25) is 0 Å². The van der Waals surface area contributed by atoms with Crippen LogP contribution in [0.5, 0.6) is 5.75 Å². The molecular formula is C22H20F3N3O4. The van der Waals surface area contributed by atoms with Gasteiger partial charge in [-0.1, -0.05) is 0 Å². The summed E-state index contributed by atoms with van der Waals surface area (Å²) in [6.07, 6.45) is 3.37. The summed E-state index contributed by atoms with van der Waals surface area (Å²) < 4.78 is 42.6. The fourth-order valence-corrected chi connectivity index (χ4v) is 5.34. The molecule has 2 bridgehead atoms. The third-order valence-corrected chi connectivity index (χ3v) is 6.80. The van der Waals surface area contributed by atoms with E-state index in [1.165, 1.54) is 0 Å². The number of amides is 2. The lowest BCUT2D eigenvalue weighted by molar-refractivity contribution is 0.0584. The number of aromatic nitrogens is 1. The van der Waals surface area contributed by atoms with E-state index in [0.29, 0.717) is 43.8 Å². The predicted molar refractivity (Wildman–Crippen MR) is 106 cm³/mol. The minimum atomic E-state index is -1.17. The second-order valence-electron chi connectivity index (χ2n) is 8.62. The van der Waals surface area contributed by atoms with E-state index in [-0.39, 0.29) is 11.3 Å². The van der Waals surface area contributed by atoms with Crippen LogP contribution in [0.3, 0.4) is 0 Å². The number of carbonyl (C=O) groups excluding carboxylic acids is 2. The van der Waals surface area contributed by atoms with E-state index in [2.05, 4.69) is 5.32 Å². The van der Waals surface area contributed by atoms with E-state index in [1.54, 1.807) is 9.47 Å². The van der Waals surface area contributed by atoms with Gasteiger partial charge in [-0.3, -0.25) is 14.4 Å². The van der Waals surface area contributed by atoms with Crippen molar-refractivity contribution in [2.45, 2.75) is 44.2 Å². The molecule has 32 heavy (non-hydrogen) atoms. The number of nitrogens with zero attached hydrogens (tertiary/aromatic N) is 2. The number of halogens is 3. The molecule has 1 aromatic carbocycles. The number of rotatable bonds is 3. The van der Waals surface area contributed by atoms with Gasteiger partial charge < -0.3 is 19.9 Å². The summed E-state index contributed by atoms with van der Waals surface area (Å²) >= 11 is 0. The molecule has 10 heteroatoms. The Morgan fingerprint density at radius 1 is 1.12 bits per heavy atom. The van der Waals surface area contributed by atoms with Crippen LogP contribution in [0, 0.1) is 17.5 Å². The molecule has 5 rings (SSSR count). The van der Waals surface area contributed by atoms with Gasteiger partial charge in [0, 0.05) is 43.0 Å². The highest BCUT2D eigenvalue weighted by Crippen LogP contribution is 2.45. The molecular weight excluding hydrogens is 427 g/mol. The van der Waals surface area contributed by atoms with Crippen molar-refractivity contribution in [3.05, 3.63) is 62.3 Å². The lowest BCUT2D eigenvalue weighted by Crippen LogP contribution is -2.52. The summed E-state index contributed by atoms with van der Waals surface area (Å²) in [5, 5.41) is 12.9. The van der Waals surface area contributed by atoms with E-state index in [9.17, 15) is 32.7 Å². The van der Waals surface area contributed by atoms with Crippen LogP contribution in [0.25, 0.3) is 0 Å². The Labute approximate surface area is 180 Å². The molecule has 1 fully saturated rings. The number of hydrogen-bond donors (Lipinski definition) is 2. The van der Waals surface area contributed by atoms with Crippen molar-refractivity contribution in [2.24, 2.45) is 0 Å². The summed E-state index contributed by atoms with van der Waals surface area (Å²) in [5.41, 5.74) is -2.13. The van der Waals surface area contributed by atoms with Gasteiger partial charge in [-0.15, -0.1) is 0 Å². The Bertz CT molecular complexity index is 1220. The van der Waals surface area contributed by atoms with Crippen LogP contribution < -0.4 is 10.7 Å². The maximum atomic E-state index is 13.9. The number of pyridine rings is 1. The SMILES string of the molecule is O=C(NCc1c(F)cc(F)cc1F)c1c2n3c(c(O)c1=O)C(=O)N1CCCCC3(CC2)C1. The average molecular weight is 447 g/mol. The summed E-state index contributed by atoms with van der Waals surface area (Å²) in [7, 11) is 0. The molecule has 1 atom stereocenters. The Morgan fingerprint density at radius 2 is 1.84 bits per heavy atom. The van der Waals surface area contributed by atoms with Gasteiger partial charge in [-0.2, -0.15) is 0 Å². The van der Waals surface area contributed by atoms with Gasteiger partial charge in [0.15, 0.2) is 11.4 Å². The molecule has 2 amide bonds. The van der Waals surface area contributed by atoms with Gasteiger partial charge in [0.1, 0.15) is 23.0 Å². The van der Waals surface area contributed by atoms with Crippen LogP contribution in [0.4, 0.5) is 13.2 Å². The maximum Gasteiger partial charge on any atom is 0.274 e. The Balaban J connectivity index is 1.57. The predicted octanol–water partition coefficient (Wildman–Crippen LogP) is 2.18. The second-order valence-corrected chi connectivity index (χ2v) is 8.62. The highest BCUT2D eigenvalue weighted by Gasteiger charge is 2.50. The van der Waals surface area contributed by atoms with Crippen molar-refractivity contribution in [2.75, 3.05) is 13.1 Å². The molecule has 4 heterocycles. The van der Waals surface area contributed by atoms with Crippen molar-refractivity contribution in [3.63, 3.8) is 0 Å². The molecule has 3 aliphatic rings. The van der Waals surface area contributed by atoms with Crippen molar-refractivity contribution in [3.8, 4) is 5.75 Å². The maximum absolute atomic E-state index is 13.9. The molecule has 1 saturated heterocycles. The molecule has 1 spiro atoms. The number of nitrogens with one attached hydrogen (secondary N) is 1. The van der Waals surface area contributed by atoms with Gasteiger partial charge in [0.25, 0.3) is 11.8 Å². The third-order valence-electron chi connectivity index (χ3n) is 6.80. The lowest BCUT2D eigenvalue weighted by atomic mass is 9.89. The summed E-state index contributed by atoms with van der Waals surface area (Å²) in [6, 6.07) is 0.994. The Hall–Kier alpha value is -3.30. The number of hydrogen-bond acceptors (Lipinski definition) is 4. The van der Waals surface area contributed by atoms with Crippen molar-refractivity contribution in [1.29, 1.82) is 0 Å². The first-order valence-electron chi connectivity index (χ1n) is 10.5. The molecule has 168 valence electrons. The van der Waals surface area contributed by atoms with E-state index in [4.69, 9.17) is 0 Å². The molecule has 2 N–H and O–H groups in total. The van der Waals surface area contributed by atoms with E-state index < -0.39 is 58.1 Å². The quantitative estimate of drug-likeness (QED) is 0.755.